The molecule has 1 heterocycles. The van der Waals surface area contributed by atoms with Crippen LogP contribution in [0, 0.1) is 11.3 Å². The maximum absolute atomic E-state index is 11.8. The fourth-order valence-corrected chi connectivity index (χ4v) is 2.01. The van der Waals surface area contributed by atoms with E-state index in [4.69, 9.17) is 9.84 Å². The number of likely N-dealkylation sites (tertiary alicyclic amines) is 1. The number of ether oxygens (including phenoxy) is 1. The Hall–Kier alpha value is -1.26. The van der Waals surface area contributed by atoms with Crippen LogP contribution in [0.15, 0.2) is 0 Å². The summed E-state index contributed by atoms with van der Waals surface area (Å²) in [5.41, 5.74) is -0.967. The number of carbonyl (C=O) groups is 2. The second-order valence-electron chi connectivity index (χ2n) is 6.24. The number of amides is 1. The molecule has 1 aliphatic rings. The van der Waals surface area contributed by atoms with Crippen molar-refractivity contribution in [3.05, 3.63) is 0 Å². The minimum atomic E-state index is -0.860. The van der Waals surface area contributed by atoms with Gasteiger partial charge in [-0.3, -0.25) is 4.79 Å². The van der Waals surface area contributed by atoms with Gasteiger partial charge >= 0.3 is 12.1 Å². The molecule has 0 unspecified atom stereocenters. The molecule has 0 aromatic heterocycles. The Morgan fingerprint density at radius 1 is 1.35 bits per heavy atom. The van der Waals surface area contributed by atoms with E-state index in [-0.39, 0.29) is 6.54 Å². The van der Waals surface area contributed by atoms with Crippen LogP contribution in [0.1, 0.15) is 34.6 Å². The molecule has 1 N–H and O–H groups in total. The van der Waals surface area contributed by atoms with Crippen molar-refractivity contribution < 1.29 is 19.4 Å². The number of carboxylic acid groups (broad SMARTS) is 1. The first-order valence-corrected chi connectivity index (χ1v) is 5.74. The van der Waals surface area contributed by atoms with Gasteiger partial charge in [-0.2, -0.15) is 0 Å². The number of carbonyl (C=O) groups excluding carboxylic acids is 1. The van der Waals surface area contributed by atoms with Crippen molar-refractivity contribution >= 4 is 12.1 Å². The first-order valence-electron chi connectivity index (χ1n) is 5.74. The predicted octanol–water partition coefficient (Wildman–Crippen LogP) is 1.96. The number of hydrogen-bond donors (Lipinski definition) is 1. The summed E-state index contributed by atoms with van der Waals surface area (Å²) in [6, 6.07) is 0. The van der Waals surface area contributed by atoms with Gasteiger partial charge in [0.2, 0.25) is 0 Å². The SMILES string of the molecule is CC(C)(C)OC(=O)N1C[C@H](C(=O)O)C(C)(C)C1. The Morgan fingerprint density at radius 3 is 2.24 bits per heavy atom. The molecule has 0 aromatic rings. The van der Waals surface area contributed by atoms with E-state index in [9.17, 15) is 9.59 Å². The van der Waals surface area contributed by atoms with Crippen molar-refractivity contribution in [2.75, 3.05) is 13.1 Å². The molecule has 0 spiro atoms. The highest BCUT2D eigenvalue weighted by Crippen LogP contribution is 2.35. The minimum Gasteiger partial charge on any atom is -0.481 e. The fourth-order valence-electron chi connectivity index (χ4n) is 2.01. The van der Waals surface area contributed by atoms with Crippen LogP contribution < -0.4 is 0 Å². The van der Waals surface area contributed by atoms with E-state index in [0.717, 1.165) is 0 Å². The van der Waals surface area contributed by atoms with Gasteiger partial charge in [0.25, 0.3) is 0 Å². The normalized spacial score (nSPS) is 23.6. The van der Waals surface area contributed by atoms with Gasteiger partial charge in [0.15, 0.2) is 0 Å². The van der Waals surface area contributed by atoms with Crippen LogP contribution in [0.4, 0.5) is 4.79 Å². The van der Waals surface area contributed by atoms with E-state index in [2.05, 4.69) is 0 Å². The lowest BCUT2D eigenvalue weighted by atomic mass is 9.82. The highest BCUT2D eigenvalue weighted by atomic mass is 16.6. The van der Waals surface area contributed by atoms with Gasteiger partial charge in [-0.25, -0.2) is 4.79 Å². The van der Waals surface area contributed by atoms with Gasteiger partial charge in [0.1, 0.15) is 5.60 Å². The Labute approximate surface area is 102 Å². The van der Waals surface area contributed by atoms with Crippen LogP contribution in [0.25, 0.3) is 0 Å². The molecule has 0 bridgehead atoms. The highest BCUT2D eigenvalue weighted by molar-refractivity contribution is 5.75. The lowest BCUT2D eigenvalue weighted by molar-refractivity contribution is -0.143. The summed E-state index contributed by atoms with van der Waals surface area (Å²) in [7, 11) is 0. The zero-order chi connectivity index (χ0) is 13.4. The summed E-state index contributed by atoms with van der Waals surface area (Å²) in [6.45, 7) is 9.73. The van der Waals surface area contributed by atoms with Crippen LogP contribution in [0.5, 0.6) is 0 Å². The standard InChI is InChI=1S/C12H21NO4/c1-11(2,3)17-10(16)13-6-8(9(14)15)12(4,5)7-13/h8H,6-7H2,1-5H3,(H,14,15)/t8-/m1/s1. The smallest absolute Gasteiger partial charge is 0.410 e. The Balaban J connectivity index is 2.72. The van der Waals surface area contributed by atoms with Crippen molar-refractivity contribution in [1.82, 2.24) is 4.90 Å². The average molecular weight is 243 g/mol. The molecular formula is C12H21NO4. The molecule has 0 aliphatic carbocycles. The van der Waals surface area contributed by atoms with Crippen LogP contribution in [-0.4, -0.2) is 40.8 Å². The van der Waals surface area contributed by atoms with E-state index in [0.29, 0.717) is 6.54 Å². The summed E-state index contributed by atoms with van der Waals surface area (Å²) < 4.78 is 5.24. The van der Waals surface area contributed by atoms with Gasteiger partial charge < -0.3 is 14.7 Å². The molecule has 5 nitrogen and oxygen atoms in total. The van der Waals surface area contributed by atoms with Crippen LogP contribution in [0.2, 0.25) is 0 Å². The quantitative estimate of drug-likeness (QED) is 0.764. The van der Waals surface area contributed by atoms with Gasteiger partial charge in [-0.05, 0) is 26.2 Å². The minimum absolute atomic E-state index is 0.219. The summed E-state index contributed by atoms with van der Waals surface area (Å²) >= 11 is 0. The molecule has 1 atom stereocenters. The third-order valence-electron chi connectivity index (χ3n) is 2.89. The molecule has 1 saturated heterocycles. The molecule has 1 aliphatic heterocycles. The van der Waals surface area contributed by atoms with Gasteiger partial charge in [-0.15, -0.1) is 0 Å². The van der Waals surface area contributed by atoms with Crippen molar-refractivity contribution in [2.45, 2.75) is 40.2 Å². The van der Waals surface area contributed by atoms with Crippen molar-refractivity contribution in [3.63, 3.8) is 0 Å². The zero-order valence-electron chi connectivity index (χ0n) is 11.1. The van der Waals surface area contributed by atoms with Crippen LogP contribution >= 0.6 is 0 Å². The molecule has 0 saturated carbocycles. The summed E-state index contributed by atoms with van der Waals surface area (Å²) in [4.78, 5) is 24.4. The first kappa shape index (κ1) is 13.8. The predicted molar refractivity (Wildman–Crippen MR) is 62.7 cm³/mol. The maximum Gasteiger partial charge on any atom is 0.410 e. The monoisotopic (exact) mass is 243 g/mol. The molecule has 17 heavy (non-hydrogen) atoms. The third kappa shape index (κ3) is 3.35. The molecule has 0 radical (unpaired) electrons. The summed E-state index contributed by atoms with van der Waals surface area (Å²) in [5, 5.41) is 9.10. The number of hydrogen-bond acceptors (Lipinski definition) is 3. The first-order chi connectivity index (χ1) is 7.53. The van der Waals surface area contributed by atoms with Crippen LogP contribution in [0.3, 0.4) is 0 Å². The van der Waals surface area contributed by atoms with Crippen molar-refractivity contribution in [2.24, 2.45) is 11.3 Å². The van der Waals surface area contributed by atoms with Gasteiger partial charge in [0.05, 0.1) is 5.92 Å². The molecule has 5 heteroatoms. The fraction of sp³-hybridized carbons (Fsp3) is 0.833. The number of rotatable bonds is 1. The topological polar surface area (TPSA) is 66.8 Å². The number of carboxylic acids is 1. The van der Waals surface area contributed by atoms with Crippen molar-refractivity contribution in [3.8, 4) is 0 Å². The molecule has 98 valence electrons. The van der Waals surface area contributed by atoms with E-state index < -0.39 is 29.0 Å². The summed E-state index contributed by atoms with van der Waals surface area (Å²) in [6.07, 6.45) is -0.436. The Morgan fingerprint density at radius 2 is 1.88 bits per heavy atom. The van der Waals surface area contributed by atoms with Crippen LogP contribution in [-0.2, 0) is 9.53 Å². The second-order valence-corrected chi connectivity index (χ2v) is 6.24. The molecular weight excluding hydrogens is 222 g/mol. The molecule has 0 aromatic carbocycles. The number of aliphatic carboxylic acids is 1. The van der Waals surface area contributed by atoms with Gasteiger partial charge in [-0.1, -0.05) is 13.8 Å². The largest absolute Gasteiger partial charge is 0.481 e. The molecule has 1 rings (SSSR count). The van der Waals surface area contributed by atoms with E-state index >= 15 is 0 Å². The Kier molecular flexibility index (Phi) is 3.41. The lowest BCUT2D eigenvalue weighted by Crippen LogP contribution is -2.36. The molecule has 1 amide bonds. The van der Waals surface area contributed by atoms with E-state index in [1.807, 2.05) is 13.8 Å². The third-order valence-corrected chi connectivity index (χ3v) is 2.89. The highest BCUT2D eigenvalue weighted by Gasteiger charge is 2.46. The Bertz CT molecular complexity index is 330. The zero-order valence-corrected chi connectivity index (χ0v) is 11.1. The van der Waals surface area contributed by atoms with E-state index in [1.165, 1.54) is 4.90 Å². The number of nitrogens with zero attached hydrogens (tertiary/aromatic N) is 1. The summed E-state index contributed by atoms with van der Waals surface area (Å²) in [5.74, 6) is -1.39. The maximum atomic E-state index is 11.8. The van der Waals surface area contributed by atoms with E-state index in [1.54, 1.807) is 20.8 Å². The molecule has 1 fully saturated rings. The second kappa shape index (κ2) is 4.20. The average Bonchev–Trinajstić information content (AvgIpc) is 2.38. The van der Waals surface area contributed by atoms with Gasteiger partial charge in [0, 0.05) is 13.1 Å². The lowest BCUT2D eigenvalue weighted by Gasteiger charge is -2.25. The van der Waals surface area contributed by atoms with Crippen molar-refractivity contribution in [1.29, 1.82) is 0 Å².